The maximum Gasteiger partial charge on any atom is 0.410 e. The molecular formula is C28H31F3N6O4. The highest BCUT2D eigenvalue weighted by atomic mass is 19.4. The molecule has 0 unspecified atom stereocenters. The van der Waals surface area contributed by atoms with Gasteiger partial charge in [-0.2, -0.15) is 18.4 Å². The molecule has 41 heavy (non-hydrogen) atoms. The Morgan fingerprint density at radius 2 is 1.80 bits per heavy atom. The van der Waals surface area contributed by atoms with Gasteiger partial charge in [0.2, 0.25) is 11.8 Å². The average Bonchev–Trinajstić information content (AvgIpc) is 3.47. The van der Waals surface area contributed by atoms with Crippen LogP contribution < -0.4 is 15.8 Å². The highest BCUT2D eigenvalue weighted by Gasteiger charge is 2.86. The molecule has 13 heteroatoms. The van der Waals surface area contributed by atoms with Crippen molar-refractivity contribution in [2.45, 2.75) is 51.8 Å². The van der Waals surface area contributed by atoms with Gasteiger partial charge in [0.1, 0.15) is 17.1 Å². The lowest BCUT2D eigenvalue weighted by Gasteiger charge is -2.33. The number of piperidine rings is 2. The van der Waals surface area contributed by atoms with Crippen LogP contribution in [0.15, 0.2) is 30.5 Å². The summed E-state index contributed by atoms with van der Waals surface area (Å²) in [5.41, 5.74) is 1.02. The zero-order chi connectivity index (χ0) is 29.8. The van der Waals surface area contributed by atoms with E-state index in [2.05, 4.69) is 15.8 Å². The van der Waals surface area contributed by atoms with Gasteiger partial charge in [0.15, 0.2) is 0 Å². The van der Waals surface area contributed by atoms with E-state index >= 15 is 0 Å². The number of ether oxygens (including phenoxy) is 1. The van der Waals surface area contributed by atoms with Crippen LogP contribution in [0.2, 0.25) is 0 Å². The molecule has 2 saturated heterocycles. The van der Waals surface area contributed by atoms with Gasteiger partial charge in [-0.05, 0) is 64.3 Å². The first-order chi connectivity index (χ1) is 19.2. The number of hydrogen-bond donors (Lipinski definition) is 2. The molecule has 3 amide bonds. The Hall–Kier alpha value is -4.08. The summed E-state index contributed by atoms with van der Waals surface area (Å²) < 4.78 is 48.6. The predicted molar refractivity (Wildman–Crippen MR) is 141 cm³/mol. The second-order valence-corrected chi connectivity index (χ2v) is 12.0. The number of carbonyl (C=O) groups is 3. The number of nitrogens with zero attached hydrogens (tertiary/aromatic N) is 4. The number of hydrogen-bond acceptors (Lipinski definition) is 7. The van der Waals surface area contributed by atoms with Crippen molar-refractivity contribution in [3.05, 3.63) is 36.0 Å². The van der Waals surface area contributed by atoms with Crippen molar-refractivity contribution in [2.24, 2.45) is 16.7 Å². The highest BCUT2D eigenvalue weighted by molar-refractivity contribution is 5.97. The fraction of sp³-hybridized carbons (Fsp3) is 0.536. The third-order valence-electron chi connectivity index (χ3n) is 8.32. The predicted octanol–water partition coefficient (Wildman–Crippen LogP) is 3.66. The summed E-state index contributed by atoms with van der Waals surface area (Å²) in [6.45, 7) is 5.19. The molecule has 1 saturated carbocycles. The van der Waals surface area contributed by atoms with Crippen molar-refractivity contribution in [2.75, 3.05) is 31.1 Å². The van der Waals surface area contributed by atoms with E-state index in [0.717, 1.165) is 0 Å². The van der Waals surface area contributed by atoms with Gasteiger partial charge in [-0.15, -0.1) is 0 Å². The van der Waals surface area contributed by atoms with Crippen LogP contribution in [0.1, 0.15) is 45.6 Å². The molecule has 1 aromatic carbocycles. The van der Waals surface area contributed by atoms with Crippen molar-refractivity contribution in [3.8, 4) is 6.07 Å². The maximum atomic E-state index is 14.4. The molecule has 0 spiro atoms. The Bertz CT molecular complexity index is 1440. The summed E-state index contributed by atoms with van der Waals surface area (Å²) in [5, 5.41) is 9.94. The number of fused-ring (bicyclic) bond motifs is 2. The Kier molecular flexibility index (Phi) is 6.79. The third kappa shape index (κ3) is 4.89. The van der Waals surface area contributed by atoms with Crippen molar-refractivity contribution >= 4 is 34.5 Å². The van der Waals surface area contributed by atoms with Crippen molar-refractivity contribution in [1.29, 1.82) is 5.26 Å². The summed E-state index contributed by atoms with van der Waals surface area (Å²) in [5.74, 6) is -1.93. The van der Waals surface area contributed by atoms with Crippen LogP contribution in [-0.4, -0.2) is 65.7 Å². The summed E-state index contributed by atoms with van der Waals surface area (Å²) in [6, 6.07) is 8.45. The van der Waals surface area contributed by atoms with E-state index in [1.165, 1.54) is 22.1 Å². The number of aromatic nitrogens is 1. The van der Waals surface area contributed by atoms with Crippen LogP contribution >= 0.6 is 0 Å². The van der Waals surface area contributed by atoms with Crippen LogP contribution in [0.25, 0.3) is 10.9 Å². The quantitative estimate of drug-likeness (QED) is 0.538. The van der Waals surface area contributed by atoms with Gasteiger partial charge in [0, 0.05) is 49.4 Å². The van der Waals surface area contributed by atoms with Gasteiger partial charge in [-0.1, -0.05) is 0 Å². The zero-order valence-electron chi connectivity index (χ0n) is 23.0. The van der Waals surface area contributed by atoms with E-state index in [1.807, 2.05) is 6.07 Å². The van der Waals surface area contributed by atoms with Crippen LogP contribution in [0, 0.1) is 28.1 Å². The fourth-order valence-corrected chi connectivity index (χ4v) is 6.11. The molecule has 0 bridgehead atoms. The number of alkyl halides is 3. The number of nitriles is 1. The van der Waals surface area contributed by atoms with Gasteiger partial charge in [0.25, 0.3) is 0 Å². The highest BCUT2D eigenvalue weighted by Crippen LogP contribution is 2.75. The molecule has 2 aromatic rings. The SMILES string of the molecule is CC(C)(C)OC(=O)N1CCC(C(=O)NNC(=O)[C@]23CN(c4ccc(C#N)c5ncccc45)C[C@@]2(C(F)(F)F)C3)CC1. The number of likely N-dealkylation sites (tertiary alicyclic amines) is 1. The van der Waals surface area contributed by atoms with Crippen molar-refractivity contribution in [3.63, 3.8) is 0 Å². The molecule has 10 nitrogen and oxygen atoms in total. The molecule has 2 atom stereocenters. The number of rotatable bonds is 3. The number of carbonyl (C=O) groups excluding carboxylic acids is 3. The minimum atomic E-state index is -4.65. The molecule has 218 valence electrons. The minimum absolute atomic E-state index is 0.210. The van der Waals surface area contributed by atoms with Gasteiger partial charge >= 0.3 is 12.3 Å². The smallest absolute Gasteiger partial charge is 0.410 e. The topological polar surface area (TPSA) is 128 Å². The standard InChI is InChI=1S/C28H31F3N6O4/c1-25(2,3)41-24(40)36-11-8-17(9-12-36)22(38)34-35-23(39)26-14-27(26,28(29,30)31)16-37(15-26)20-7-6-18(13-32)21-19(20)5-4-10-33-21/h4-7,10,17H,8-9,11-12,14-16H2,1-3H3,(H,34,38)(H,35,39)/t26-,27-/m0/s1. The monoisotopic (exact) mass is 572 g/mol. The fourth-order valence-electron chi connectivity index (χ4n) is 6.11. The molecule has 3 heterocycles. The Balaban J connectivity index is 1.26. The molecule has 2 aliphatic heterocycles. The minimum Gasteiger partial charge on any atom is -0.444 e. The lowest BCUT2D eigenvalue weighted by molar-refractivity contribution is -0.191. The molecule has 3 aliphatic rings. The second-order valence-electron chi connectivity index (χ2n) is 12.0. The number of benzene rings is 1. The molecular weight excluding hydrogens is 541 g/mol. The van der Waals surface area contributed by atoms with Gasteiger partial charge in [0.05, 0.1) is 16.5 Å². The number of nitrogens with one attached hydrogen (secondary N) is 2. The number of hydrazine groups is 1. The number of amides is 3. The normalized spacial score (nSPS) is 24.4. The van der Waals surface area contributed by atoms with E-state index < -0.39 is 53.0 Å². The molecule has 1 aromatic heterocycles. The zero-order valence-corrected chi connectivity index (χ0v) is 23.0. The summed E-state index contributed by atoms with van der Waals surface area (Å²) in [6.07, 6.45) is -3.36. The summed E-state index contributed by atoms with van der Waals surface area (Å²) in [4.78, 5) is 45.6. The summed E-state index contributed by atoms with van der Waals surface area (Å²) in [7, 11) is 0. The third-order valence-corrected chi connectivity index (χ3v) is 8.32. The summed E-state index contributed by atoms with van der Waals surface area (Å²) >= 11 is 0. The number of anilines is 1. The van der Waals surface area contributed by atoms with Crippen LogP contribution in [-0.2, 0) is 14.3 Å². The molecule has 1 aliphatic carbocycles. The Morgan fingerprint density at radius 1 is 1.10 bits per heavy atom. The second kappa shape index (κ2) is 9.78. The van der Waals surface area contributed by atoms with Crippen molar-refractivity contribution in [1.82, 2.24) is 20.7 Å². The maximum absolute atomic E-state index is 14.4. The van der Waals surface area contributed by atoms with Crippen LogP contribution in [0.5, 0.6) is 0 Å². The van der Waals surface area contributed by atoms with E-state index in [9.17, 15) is 32.8 Å². The first-order valence-electron chi connectivity index (χ1n) is 13.4. The van der Waals surface area contributed by atoms with Crippen molar-refractivity contribution < 1.29 is 32.3 Å². The Morgan fingerprint density at radius 3 is 2.44 bits per heavy atom. The van der Waals surface area contributed by atoms with E-state index in [1.54, 1.807) is 39.0 Å². The number of pyridine rings is 1. The van der Waals surface area contributed by atoms with Crippen LogP contribution in [0.4, 0.5) is 23.7 Å². The largest absolute Gasteiger partial charge is 0.444 e. The van der Waals surface area contributed by atoms with Crippen LogP contribution in [0.3, 0.4) is 0 Å². The van der Waals surface area contributed by atoms with Gasteiger partial charge in [-0.3, -0.25) is 25.4 Å². The first-order valence-corrected chi connectivity index (χ1v) is 13.4. The Labute approximate surface area is 234 Å². The van der Waals surface area contributed by atoms with Gasteiger partial charge in [-0.25, -0.2) is 4.79 Å². The molecule has 0 radical (unpaired) electrons. The molecule has 2 N–H and O–H groups in total. The lowest BCUT2D eigenvalue weighted by Crippen LogP contribution is -2.51. The number of halogens is 3. The van der Waals surface area contributed by atoms with Gasteiger partial charge < -0.3 is 14.5 Å². The van der Waals surface area contributed by atoms with E-state index in [4.69, 9.17) is 4.74 Å². The van der Waals surface area contributed by atoms with E-state index in [0.29, 0.717) is 35.0 Å². The molecule has 5 rings (SSSR count). The average molecular weight is 573 g/mol. The molecule has 3 fully saturated rings. The van der Waals surface area contributed by atoms with E-state index in [-0.39, 0.29) is 26.1 Å². The lowest BCUT2D eigenvalue weighted by atomic mass is 9.95. The first kappa shape index (κ1) is 28.4.